The molecule has 9 heteroatoms. The minimum atomic E-state index is -1.11. The standard InChI is InChI=1S/C24H21ClN2O5S/c1-14(22(28)27-21-12-16(24(30)31)9-10-20(21)25)33-19-8-4-6-17(13-19)26-23(29)15-5-3-7-18(11-15)32-2/h3-14H,1-2H3,(H,26,29)(H,27,28)(H,30,31). The van der Waals surface area contributed by atoms with Gasteiger partial charge in [0.2, 0.25) is 5.91 Å². The van der Waals surface area contributed by atoms with E-state index >= 15 is 0 Å². The highest BCUT2D eigenvalue weighted by atomic mass is 35.5. The van der Waals surface area contributed by atoms with E-state index in [1.165, 1.54) is 37.1 Å². The number of carbonyl (C=O) groups excluding carboxylic acids is 2. The monoisotopic (exact) mass is 484 g/mol. The zero-order chi connectivity index (χ0) is 24.0. The number of nitrogens with one attached hydrogen (secondary N) is 2. The molecule has 0 radical (unpaired) electrons. The third-order valence-corrected chi connectivity index (χ3v) is 6.00. The van der Waals surface area contributed by atoms with Crippen LogP contribution in [-0.4, -0.2) is 35.2 Å². The molecule has 0 saturated heterocycles. The third kappa shape index (κ3) is 6.50. The van der Waals surface area contributed by atoms with Crippen LogP contribution in [0.4, 0.5) is 11.4 Å². The van der Waals surface area contributed by atoms with Gasteiger partial charge < -0.3 is 20.5 Å². The molecule has 170 valence electrons. The Kier molecular flexibility index (Phi) is 7.97. The van der Waals surface area contributed by atoms with Crippen molar-refractivity contribution in [3.05, 3.63) is 82.9 Å². The molecule has 1 unspecified atom stereocenters. The second-order valence-corrected chi connectivity index (χ2v) is 8.78. The van der Waals surface area contributed by atoms with Crippen LogP contribution < -0.4 is 15.4 Å². The van der Waals surface area contributed by atoms with E-state index in [0.717, 1.165) is 4.90 Å². The molecule has 0 bridgehead atoms. The van der Waals surface area contributed by atoms with Gasteiger partial charge in [-0.2, -0.15) is 0 Å². The van der Waals surface area contributed by atoms with E-state index in [4.69, 9.17) is 21.4 Å². The SMILES string of the molecule is COc1cccc(C(=O)Nc2cccc(SC(C)C(=O)Nc3cc(C(=O)O)ccc3Cl)c2)c1. The van der Waals surface area contributed by atoms with Crippen molar-refractivity contribution in [2.75, 3.05) is 17.7 Å². The van der Waals surface area contributed by atoms with Crippen LogP contribution in [0.3, 0.4) is 0 Å². The fourth-order valence-electron chi connectivity index (χ4n) is 2.86. The molecule has 3 rings (SSSR count). The maximum absolute atomic E-state index is 12.6. The summed E-state index contributed by atoms with van der Waals surface area (Å²) in [6.07, 6.45) is 0. The second-order valence-electron chi connectivity index (χ2n) is 6.96. The molecular weight excluding hydrogens is 464 g/mol. The van der Waals surface area contributed by atoms with Crippen LogP contribution in [0, 0.1) is 0 Å². The van der Waals surface area contributed by atoms with Gasteiger partial charge in [-0.3, -0.25) is 9.59 Å². The molecule has 2 amide bonds. The Morgan fingerprint density at radius 1 is 0.970 bits per heavy atom. The summed E-state index contributed by atoms with van der Waals surface area (Å²) in [6.45, 7) is 1.72. The average Bonchev–Trinajstić information content (AvgIpc) is 2.80. The Morgan fingerprint density at radius 2 is 1.73 bits per heavy atom. The third-order valence-electron chi connectivity index (χ3n) is 4.58. The number of rotatable bonds is 8. The van der Waals surface area contributed by atoms with Crippen LogP contribution >= 0.6 is 23.4 Å². The number of carbonyl (C=O) groups is 3. The van der Waals surface area contributed by atoms with Gasteiger partial charge in [0.1, 0.15) is 5.75 Å². The molecule has 0 aromatic heterocycles. The molecule has 0 fully saturated rings. The largest absolute Gasteiger partial charge is 0.497 e. The lowest BCUT2D eigenvalue weighted by molar-refractivity contribution is -0.115. The molecule has 0 aliphatic carbocycles. The van der Waals surface area contributed by atoms with Crippen molar-refractivity contribution in [2.24, 2.45) is 0 Å². The number of aromatic carboxylic acids is 1. The number of halogens is 1. The minimum absolute atomic E-state index is 0.0227. The van der Waals surface area contributed by atoms with E-state index in [0.29, 0.717) is 17.0 Å². The Morgan fingerprint density at radius 3 is 2.45 bits per heavy atom. The van der Waals surface area contributed by atoms with Gasteiger partial charge in [0.05, 0.1) is 28.6 Å². The van der Waals surface area contributed by atoms with Crippen molar-refractivity contribution in [2.45, 2.75) is 17.1 Å². The summed E-state index contributed by atoms with van der Waals surface area (Å²) in [5.74, 6) is -1.15. The molecule has 0 heterocycles. The van der Waals surface area contributed by atoms with Crippen LogP contribution in [0.2, 0.25) is 5.02 Å². The van der Waals surface area contributed by atoms with Crippen molar-refractivity contribution in [3.63, 3.8) is 0 Å². The summed E-state index contributed by atoms with van der Waals surface area (Å²) < 4.78 is 5.15. The quantitative estimate of drug-likeness (QED) is 0.369. The Hall–Kier alpha value is -3.49. The first kappa shape index (κ1) is 24.2. The molecule has 0 spiro atoms. The van der Waals surface area contributed by atoms with Crippen molar-refractivity contribution in [1.29, 1.82) is 0 Å². The molecule has 3 aromatic rings. The summed E-state index contributed by atoms with van der Waals surface area (Å²) in [6, 6.07) is 18.1. The fraction of sp³-hybridized carbons (Fsp3) is 0.125. The molecule has 3 aromatic carbocycles. The molecule has 7 nitrogen and oxygen atoms in total. The Bertz CT molecular complexity index is 1200. The summed E-state index contributed by atoms with van der Waals surface area (Å²) in [5, 5.41) is 14.4. The number of carboxylic acids is 1. The summed E-state index contributed by atoms with van der Waals surface area (Å²) in [5.41, 5.74) is 1.29. The topological polar surface area (TPSA) is 105 Å². The first-order valence-corrected chi connectivity index (χ1v) is 11.1. The lowest BCUT2D eigenvalue weighted by Crippen LogP contribution is -2.22. The molecular formula is C24H21ClN2O5S. The number of carboxylic acid groups (broad SMARTS) is 1. The van der Waals surface area contributed by atoms with Crippen molar-refractivity contribution in [3.8, 4) is 5.75 Å². The average molecular weight is 485 g/mol. The highest BCUT2D eigenvalue weighted by Gasteiger charge is 2.17. The maximum Gasteiger partial charge on any atom is 0.335 e. The molecule has 1 atom stereocenters. The number of ether oxygens (including phenoxy) is 1. The van der Waals surface area contributed by atoms with Crippen LogP contribution in [0.15, 0.2) is 71.6 Å². The van der Waals surface area contributed by atoms with Crippen LogP contribution in [0.5, 0.6) is 5.75 Å². The summed E-state index contributed by atoms with van der Waals surface area (Å²) >= 11 is 7.37. The maximum atomic E-state index is 12.6. The summed E-state index contributed by atoms with van der Waals surface area (Å²) in [4.78, 5) is 37.1. The van der Waals surface area contributed by atoms with Crippen molar-refractivity contribution in [1.82, 2.24) is 0 Å². The first-order chi connectivity index (χ1) is 15.8. The van der Waals surface area contributed by atoms with Crippen molar-refractivity contribution >= 4 is 52.5 Å². The number of hydrogen-bond donors (Lipinski definition) is 3. The smallest absolute Gasteiger partial charge is 0.335 e. The van der Waals surface area contributed by atoms with Gasteiger partial charge in [0, 0.05) is 16.1 Å². The van der Waals surface area contributed by atoms with E-state index in [1.54, 1.807) is 49.4 Å². The number of methoxy groups -OCH3 is 1. The van der Waals surface area contributed by atoms with Crippen LogP contribution in [-0.2, 0) is 4.79 Å². The number of anilines is 2. The van der Waals surface area contributed by atoms with Gasteiger partial charge in [-0.05, 0) is 61.5 Å². The normalized spacial score (nSPS) is 11.4. The van der Waals surface area contributed by atoms with Gasteiger partial charge in [-0.1, -0.05) is 23.7 Å². The lowest BCUT2D eigenvalue weighted by atomic mass is 10.2. The predicted octanol–water partition coefficient (Wildman–Crippen LogP) is 5.42. The predicted molar refractivity (Wildman–Crippen MR) is 130 cm³/mol. The van der Waals surface area contributed by atoms with Gasteiger partial charge in [0.15, 0.2) is 0 Å². The Labute approximate surface area is 200 Å². The lowest BCUT2D eigenvalue weighted by Gasteiger charge is -2.14. The number of amides is 2. The minimum Gasteiger partial charge on any atom is -0.497 e. The molecule has 0 aliphatic rings. The van der Waals surface area contributed by atoms with Crippen molar-refractivity contribution < 1.29 is 24.2 Å². The molecule has 0 aliphatic heterocycles. The van der Waals surface area contributed by atoms with E-state index in [9.17, 15) is 14.4 Å². The van der Waals surface area contributed by atoms with E-state index in [-0.39, 0.29) is 28.1 Å². The zero-order valence-corrected chi connectivity index (χ0v) is 19.4. The zero-order valence-electron chi connectivity index (χ0n) is 17.8. The van der Waals surface area contributed by atoms with Gasteiger partial charge >= 0.3 is 5.97 Å². The highest BCUT2D eigenvalue weighted by molar-refractivity contribution is 8.00. The van der Waals surface area contributed by atoms with E-state index < -0.39 is 11.2 Å². The first-order valence-electron chi connectivity index (χ1n) is 9.82. The van der Waals surface area contributed by atoms with Gasteiger partial charge in [0.25, 0.3) is 5.91 Å². The van der Waals surface area contributed by atoms with E-state index in [1.807, 2.05) is 6.07 Å². The Balaban J connectivity index is 1.66. The number of benzene rings is 3. The number of thioether (sulfide) groups is 1. The highest BCUT2D eigenvalue weighted by Crippen LogP contribution is 2.29. The van der Waals surface area contributed by atoms with Crippen LogP contribution in [0.25, 0.3) is 0 Å². The summed E-state index contributed by atoms with van der Waals surface area (Å²) in [7, 11) is 1.53. The molecule has 33 heavy (non-hydrogen) atoms. The fourth-order valence-corrected chi connectivity index (χ4v) is 3.95. The van der Waals surface area contributed by atoms with Gasteiger partial charge in [-0.15, -0.1) is 11.8 Å². The molecule has 0 saturated carbocycles. The molecule has 3 N–H and O–H groups in total. The second kappa shape index (κ2) is 10.9. The van der Waals surface area contributed by atoms with Crippen LogP contribution in [0.1, 0.15) is 27.6 Å². The van der Waals surface area contributed by atoms with Gasteiger partial charge in [-0.25, -0.2) is 4.79 Å². The van der Waals surface area contributed by atoms with E-state index in [2.05, 4.69) is 10.6 Å². The number of hydrogen-bond acceptors (Lipinski definition) is 5.